The van der Waals surface area contributed by atoms with Gasteiger partial charge in [-0.1, -0.05) is 42.5 Å². The van der Waals surface area contributed by atoms with E-state index < -0.39 is 5.91 Å². The van der Waals surface area contributed by atoms with Crippen LogP contribution in [0.15, 0.2) is 84.1 Å². The van der Waals surface area contributed by atoms with Gasteiger partial charge in [0.2, 0.25) is 0 Å². The van der Waals surface area contributed by atoms with Gasteiger partial charge in [-0.3, -0.25) is 4.79 Å². The summed E-state index contributed by atoms with van der Waals surface area (Å²) in [6.45, 7) is 0.199. The molecular weight excluding hydrogens is 457 g/mol. The van der Waals surface area contributed by atoms with Gasteiger partial charge in [-0.05, 0) is 35.9 Å². The summed E-state index contributed by atoms with van der Waals surface area (Å²) in [6.07, 6.45) is 3.53. The van der Waals surface area contributed by atoms with E-state index in [0.29, 0.717) is 22.2 Å². The number of aromatic nitrogens is 4. The Kier molecular flexibility index (Phi) is 5.15. The first kappa shape index (κ1) is 21.5. The number of carbonyl (C=O) groups is 1. The van der Waals surface area contributed by atoms with Gasteiger partial charge in [0.15, 0.2) is 5.65 Å². The highest BCUT2D eigenvalue weighted by Gasteiger charge is 2.24. The second kappa shape index (κ2) is 8.62. The molecule has 3 aromatic carbocycles. The monoisotopic (exact) mass is 477 g/mol. The zero-order valence-corrected chi connectivity index (χ0v) is 18.9. The molecule has 0 spiro atoms. The average molecular weight is 478 g/mol. The zero-order chi connectivity index (χ0) is 24.6. The molecule has 0 saturated carbocycles. The number of anilines is 1. The largest absolute Gasteiger partial charge is 0.383 e. The molecule has 0 atom stereocenters. The van der Waals surface area contributed by atoms with Gasteiger partial charge in [-0.25, -0.2) is 14.4 Å². The first-order valence-electron chi connectivity index (χ1n) is 11.3. The van der Waals surface area contributed by atoms with E-state index in [1.165, 1.54) is 16.8 Å². The summed E-state index contributed by atoms with van der Waals surface area (Å²) in [5.74, 6) is -0.645. The van der Waals surface area contributed by atoms with Crippen molar-refractivity contribution in [2.75, 3.05) is 5.73 Å². The van der Waals surface area contributed by atoms with Gasteiger partial charge in [-0.2, -0.15) is 9.78 Å². The predicted molar refractivity (Wildman–Crippen MR) is 138 cm³/mol. The Labute approximate surface area is 204 Å². The number of carbonyl (C=O) groups excluding carboxylic acids is 1. The van der Waals surface area contributed by atoms with Crippen molar-refractivity contribution in [3.63, 3.8) is 0 Å². The normalized spacial score (nSPS) is 11.7. The number of fused-ring (bicyclic) bond motifs is 3. The van der Waals surface area contributed by atoms with Crippen LogP contribution in [0.2, 0.25) is 0 Å². The number of benzene rings is 3. The number of para-hydroxylation sites is 3. The van der Waals surface area contributed by atoms with Crippen molar-refractivity contribution in [1.29, 1.82) is 0 Å². The maximum Gasteiger partial charge on any atom is 0.257 e. The molecule has 0 fully saturated rings. The molecule has 0 aliphatic heterocycles. The summed E-state index contributed by atoms with van der Waals surface area (Å²) < 4.78 is 14.7. The van der Waals surface area contributed by atoms with Crippen LogP contribution < -0.4 is 11.1 Å². The number of hydrogen-bond donors (Lipinski definition) is 3. The first-order chi connectivity index (χ1) is 17.6. The maximum atomic E-state index is 13.3. The second-order valence-corrected chi connectivity index (χ2v) is 8.30. The van der Waals surface area contributed by atoms with Crippen molar-refractivity contribution in [3.05, 3.63) is 102 Å². The lowest BCUT2D eigenvalue weighted by atomic mass is 10.2. The predicted octanol–water partition coefficient (Wildman–Crippen LogP) is 4.60. The Morgan fingerprint density at radius 3 is 2.56 bits per heavy atom. The number of aromatic amines is 1. The molecule has 6 aromatic rings. The summed E-state index contributed by atoms with van der Waals surface area (Å²) in [5, 5.41) is 8.44. The topological polar surface area (TPSA) is 114 Å². The van der Waals surface area contributed by atoms with Crippen LogP contribution in [0.4, 0.5) is 10.2 Å². The molecule has 0 bridgehead atoms. The van der Waals surface area contributed by atoms with Crippen LogP contribution >= 0.6 is 0 Å². The van der Waals surface area contributed by atoms with Gasteiger partial charge in [-0.15, -0.1) is 0 Å². The van der Waals surface area contributed by atoms with Crippen molar-refractivity contribution in [2.24, 2.45) is 5.10 Å². The van der Waals surface area contributed by atoms with Gasteiger partial charge >= 0.3 is 0 Å². The molecule has 0 aliphatic carbocycles. The van der Waals surface area contributed by atoms with Gasteiger partial charge in [0, 0.05) is 29.2 Å². The molecule has 0 saturated heterocycles. The summed E-state index contributed by atoms with van der Waals surface area (Å²) in [4.78, 5) is 25.9. The number of amides is 1. The van der Waals surface area contributed by atoms with Gasteiger partial charge in [0.1, 0.15) is 22.7 Å². The number of nitrogens with two attached hydrogens (primary N) is 1. The van der Waals surface area contributed by atoms with E-state index in [0.717, 1.165) is 22.0 Å². The molecule has 4 N–H and O–H groups in total. The van der Waals surface area contributed by atoms with E-state index in [4.69, 9.17) is 10.7 Å². The Bertz CT molecular complexity index is 1780. The third-order valence-corrected chi connectivity index (χ3v) is 6.00. The van der Waals surface area contributed by atoms with E-state index in [1.807, 2.05) is 54.7 Å². The minimum atomic E-state index is -0.424. The van der Waals surface area contributed by atoms with Gasteiger partial charge in [0.25, 0.3) is 5.91 Å². The number of rotatable bonds is 5. The molecule has 8 nitrogen and oxygen atoms in total. The van der Waals surface area contributed by atoms with Crippen LogP contribution in [0.3, 0.4) is 0 Å². The molecule has 3 aromatic heterocycles. The lowest BCUT2D eigenvalue weighted by molar-refractivity contribution is 0.0953. The summed E-state index contributed by atoms with van der Waals surface area (Å²) >= 11 is 0. The number of nitrogens with one attached hydrogen (secondary N) is 2. The SMILES string of the molecule is Nc1c(C(=O)NCc2ccc(F)cc2)c2nc3ccccc3nc2n1/N=C/c1c[nH]c2ccccc12. The highest BCUT2D eigenvalue weighted by molar-refractivity contribution is 6.11. The Balaban J connectivity index is 1.44. The Morgan fingerprint density at radius 1 is 1.03 bits per heavy atom. The van der Waals surface area contributed by atoms with Crippen molar-refractivity contribution in [3.8, 4) is 0 Å². The smallest absolute Gasteiger partial charge is 0.257 e. The molecule has 3 heterocycles. The van der Waals surface area contributed by atoms with E-state index in [2.05, 4.69) is 20.4 Å². The summed E-state index contributed by atoms with van der Waals surface area (Å²) in [7, 11) is 0. The molecular formula is C27H20FN7O. The summed E-state index contributed by atoms with van der Waals surface area (Å²) in [6, 6.07) is 21.2. The molecule has 0 aliphatic rings. The number of H-pyrrole nitrogens is 1. The molecule has 0 radical (unpaired) electrons. The number of halogens is 1. The first-order valence-corrected chi connectivity index (χ1v) is 11.3. The van der Waals surface area contributed by atoms with Crippen molar-refractivity contribution in [2.45, 2.75) is 6.54 Å². The van der Waals surface area contributed by atoms with E-state index in [-0.39, 0.29) is 23.7 Å². The van der Waals surface area contributed by atoms with Crippen LogP contribution in [0.25, 0.3) is 33.1 Å². The number of hydrogen-bond acceptors (Lipinski definition) is 5. The van der Waals surface area contributed by atoms with E-state index in [9.17, 15) is 9.18 Å². The van der Waals surface area contributed by atoms with Crippen LogP contribution in [-0.2, 0) is 6.54 Å². The highest BCUT2D eigenvalue weighted by Crippen LogP contribution is 2.28. The number of nitrogens with zero attached hydrogens (tertiary/aromatic N) is 4. The Hall–Kier alpha value is -5.05. The van der Waals surface area contributed by atoms with E-state index >= 15 is 0 Å². The van der Waals surface area contributed by atoms with Crippen LogP contribution in [0.1, 0.15) is 21.5 Å². The maximum absolute atomic E-state index is 13.3. The van der Waals surface area contributed by atoms with Crippen LogP contribution in [-0.4, -0.2) is 31.7 Å². The number of nitrogen functional groups attached to an aromatic ring is 1. The molecule has 0 unspecified atom stereocenters. The lowest BCUT2D eigenvalue weighted by Gasteiger charge is -2.06. The van der Waals surface area contributed by atoms with E-state index in [1.54, 1.807) is 18.3 Å². The Morgan fingerprint density at radius 2 is 1.75 bits per heavy atom. The van der Waals surface area contributed by atoms with Crippen LogP contribution in [0, 0.1) is 5.82 Å². The van der Waals surface area contributed by atoms with Gasteiger partial charge < -0.3 is 16.0 Å². The fourth-order valence-electron chi connectivity index (χ4n) is 4.18. The van der Waals surface area contributed by atoms with Crippen molar-refractivity contribution in [1.82, 2.24) is 24.9 Å². The fourth-order valence-corrected chi connectivity index (χ4v) is 4.18. The van der Waals surface area contributed by atoms with Crippen LogP contribution in [0.5, 0.6) is 0 Å². The quantitative estimate of drug-likeness (QED) is 0.315. The zero-order valence-electron chi connectivity index (χ0n) is 18.9. The second-order valence-electron chi connectivity index (χ2n) is 8.30. The minimum Gasteiger partial charge on any atom is -0.383 e. The highest BCUT2D eigenvalue weighted by atomic mass is 19.1. The molecule has 1 amide bonds. The molecule has 6 rings (SSSR count). The third-order valence-electron chi connectivity index (χ3n) is 6.00. The molecule has 176 valence electrons. The summed E-state index contributed by atoms with van der Waals surface area (Å²) in [5.41, 5.74) is 11.3. The lowest BCUT2D eigenvalue weighted by Crippen LogP contribution is -2.23. The van der Waals surface area contributed by atoms with Crippen molar-refractivity contribution < 1.29 is 9.18 Å². The third kappa shape index (κ3) is 3.72. The van der Waals surface area contributed by atoms with Crippen molar-refractivity contribution >= 4 is 51.0 Å². The van der Waals surface area contributed by atoms with Gasteiger partial charge in [0.05, 0.1) is 17.2 Å². The molecule has 9 heteroatoms. The average Bonchev–Trinajstić information content (AvgIpc) is 3.43. The fraction of sp³-hybridized carbons (Fsp3) is 0.0370. The standard InChI is InChI=1S/C27H20FN7O/c28-18-11-9-16(10-12-18)13-31-27(36)23-24-26(34-22-8-4-3-7-21(22)33-24)35(25(23)29)32-15-17-14-30-20-6-2-1-5-19(17)20/h1-12,14-15,30H,13,29H2,(H,31,36)/b32-15+. The molecule has 36 heavy (non-hydrogen) atoms. The minimum absolute atomic E-state index is 0.119.